The highest BCUT2D eigenvalue weighted by atomic mass is 19.1. The molecule has 0 spiro atoms. The van der Waals surface area contributed by atoms with E-state index in [0.717, 1.165) is 30.8 Å². The summed E-state index contributed by atoms with van der Waals surface area (Å²) in [6, 6.07) is 11.9. The molecule has 2 fully saturated rings. The normalized spacial score (nSPS) is 20.0. The summed E-state index contributed by atoms with van der Waals surface area (Å²) in [4.78, 5) is 47.1. The first-order valence-electron chi connectivity index (χ1n) is 13.0. The first-order valence-corrected chi connectivity index (χ1v) is 13.0. The molecule has 0 unspecified atom stereocenters. The molecule has 8 nitrogen and oxygen atoms in total. The lowest BCUT2D eigenvalue weighted by Gasteiger charge is -2.40. The topological polar surface area (TPSA) is 73.4 Å². The third-order valence-electron chi connectivity index (χ3n) is 7.60. The first-order chi connectivity index (χ1) is 18.0. The summed E-state index contributed by atoms with van der Waals surface area (Å²) in [5, 5.41) is 0. The Morgan fingerprint density at radius 3 is 2.46 bits per heavy atom. The Morgan fingerprint density at radius 2 is 1.73 bits per heavy atom. The summed E-state index contributed by atoms with van der Waals surface area (Å²) in [5.74, 6) is -0.807. The molecular formula is C28H33FN4O4. The summed E-state index contributed by atoms with van der Waals surface area (Å²) in [7, 11) is 1.60. The molecular weight excluding hydrogens is 475 g/mol. The number of benzene rings is 2. The maximum atomic E-state index is 13.5. The molecule has 2 aromatic rings. The van der Waals surface area contributed by atoms with E-state index in [1.54, 1.807) is 25.3 Å². The van der Waals surface area contributed by atoms with Gasteiger partial charge in [-0.3, -0.25) is 19.3 Å². The number of piperazine rings is 1. The van der Waals surface area contributed by atoms with Crippen LogP contribution in [0.25, 0.3) is 0 Å². The molecule has 3 amide bonds. The molecule has 3 aliphatic rings. The van der Waals surface area contributed by atoms with Crippen LogP contribution in [-0.4, -0.2) is 87.1 Å². The summed E-state index contributed by atoms with van der Waals surface area (Å²) in [5.41, 5.74) is 2.59. The minimum atomic E-state index is -0.267. The number of carbonyl (C=O) groups excluding carboxylic acids is 3. The Morgan fingerprint density at radius 1 is 0.973 bits per heavy atom. The number of imide groups is 1. The maximum Gasteiger partial charge on any atom is 0.263 e. The SMILES string of the molecule is COCCCN1C(=O)c2cccc(N3CCC[C@H](C(=O)N4CCN(c5ccc(F)cc5)CC4)C3)c2C1=O. The molecule has 2 saturated heterocycles. The molecule has 0 aromatic heterocycles. The molecule has 0 N–H and O–H groups in total. The number of rotatable bonds is 7. The zero-order valence-electron chi connectivity index (χ0n) is 21.2. The van der Waals surface area contributed by atoms with Crippen LogP contribution in [0.2, 0.25) is 0 Å². The molecule has 3 heterocycles. The van der Waals surface area contributed by atoms with Crippen molar-refractivity contribution in [3.05, 3.63) is 59.4 Å². The van der Waals surface area contributed by atoms with Gasteiger partial charge in [0.2, 0.25) is 5.91 Å². The van der Waals surface area contributed by atoms with Gasteiger partial charge in [0.25, 0.3) is 11.8 Å². The maximum absolute atomic E-state index is 13.5. The van der Waals surface area contributed by atoms with E-state index in [1.165, 1.54) is 17.0 Å². The number of anilines is 2. The van der Waals surface area contributed by atoms with Crippen LogP contribution in [0.15, 0.2) is 42.5 Å². The highest BCUT2D eigenvalue weighted by molar-refractivity contribution is 6.23. The van der Waals surface area contributed by atoms with E-state index in [4.69, 9.17) is 4.74 Å². The molecule has 9 heteroatoms. The van der Waals surface area contributed by atoms with E-state index in [0.29, 0.717) is 63.4 Å². The quantitative estimate of drug-likeness (QED) is 0.423. The largest absolute Gasteiger partial charge is 0.385 e. The molecule has 0 aliphatic carbocycles. The van der Waals surface area contributed by atoms with Gasteiger partial charge < -0.3 is 19.4 Å². The van der Waals surface area contributed by atoms with Crippen molar-refractivity contribution < 1.29 is 23.5 Å². The molecule has 5 rings (SSSR count). The summed E-state index contributed by atoms with van der Waals surface area (Å²) in [6.07, 6.45) is 2.24. The third kappa shape index (κ3) is 5.05. The minimum absolute atomic E-state index is 0.139. The minimum Gasteiger partial charge on any atom is -0.385 e. The van der Waals surface area contributed by atoms with Crippen LogP contribution in [0.3, 0.4) is 0 Å². The summed E-state index contributed by atoms with van der Waals surface area (Å²) in [6.45, 7) is 4.72. The van der Waals surface area contributed by atoms with Crippen molar-refractivity contribution in [1.82, 2.24) is 9.80 Å². The first kappa shape index (κ1) is 25.2. The van der Waals surface area contributed by atoms with Crippen LogP contribution in [0.4, 0.5) is 15.8 Å². The van der Waals surface area contributed by atoms with Gasteiger partial charge in [0.1, 0.15) is 5.82 Å². The van der Waals surface area contributed by atoms with Crippen molar-refractivity contribution in [2.45, 2.75) is 19.3 Å². The number of piperidine rings is 1. The van der Waals surface area contributed by atoms with Crippen LogP contribution in [0.5, 0.6) is 0 Å². The third-order valence-corrected chi connectivity index (χ3v) is 7.60. The Kier molecular flexibility index (Phi) is 7.41. The van der Waals surface area contributed by atoms with Crippen LogP contribution < -0.4 is 9.80 Å². The van der Waals surface area contributed by atoms with E-state index in [1.807, 2.05) is 17.0 Å². The number of ether oxygens (including phenoxy) is 1. The fourth-order valence-corrected chi connectivity index (χ4v) is 5.64. The molecule has 3 aliphatic heterocycles. The average molecular weight is 509 g/mol. The molecule has 0 radical (unpaired) electrons. The van der Waals surface area contributed by atoms with Gasteiger partial charge in [-0.15, -0.1) is 0 Å². The number of halogens is 1. The molecule has 2 aromatic carbocycles. The second-order valence-corrected chi connectivity index (χ2v) is 9.88. The van der Waals surface area contributed by atoms with Crippen molar-refractivity contribution in [2.24, 2.45) is 5.92 Å². The van der Waals surface area contributed by atoms with Crippen LogP contribution in [-0.2, 0) is 9.53 Å². The molecule has 196 valence electrons. The number of hydrogen-bond acceptors (Lipinski definition) is 6. The van der Waals surface area contributed by atoms with Gasteiger partial charge in [0.05, 0.1) is 22.7 Å². The van der Waals surface area contributed by atoms with Gasteiger partial charge in [-0.1, -0.05) is 6.07 Å². The lowest BCUT2D eigenvalue weighted by Crippen LogP contribution is -2.52. The van der Waals surface area contributed by atoms with Gasteiger partial charge in [-0.05, 0) is 55.7 Å². The van der Waals surface area contributed by atoms with Crippen molar-refractivity contribution in [1.29, 1.82) is 0 Å². The second-order valence-electron chi connectivity index (χ2n) is 9.88. The number of nitrogens with zero attached hydrogens (tertiary/aromatic N) is 4. The van der Waals surface area contributed by atoms with Gasteiger partial charge >= 0.3 is 0 Å². The molecule has 0 bridgehead atoms. The van der Waals surface area contributed by atoms with Gasteiger partial charge in [0, 0.05) is 65.2 Å². The fourth-order valence-electron chi connectivity index (χ4n) is 5.64. The van der Waals surface area contributed by atoms with Gasteiger partial charge in [0.15, 0.2) is 0 Å². The van der Waals surface area contributed by atoms with Crippen LogP contribution in [0.1, 0.15) is 40.0 Å². The highest BCUT2D eigenvalue weighted by Gasteiger charge is 2.39. The Bertz CT molecular complexity index is 1160. The number of methoxy groups -OCH3 is 1. The summed E-state index contributed by atoms with van der Waals surface area (Å²) >= 11 is 0. The number of amides is 3. The predicted octanol–water partition coefficient (Wildman–Crippen LogP) is 3.02. The molecule has 1 atom stereocenters. The highest BCUT2D eigenvalue weighted by Crippen LogP contribution is 2.34. The average Bonchev–Trinajstić information content (AvgIpc) is 3.18. The Balaban J connectivity index is 1.24. The van der Waals surface area contributed by atoms with E-state index in [9.17, 15) is 18.8 Å². The number of fused-ring (bicyclic) bond motifs is 1. The Hall–Kier alpha value is -3.46. The fraction of sp³-hybridized carbons (Fsp3) is 0.464. The number of hydrogen-bond donors (Lipinski definition) is 0. The zero-order valence-corrected chi connectivity index (χ0v) is 21.2. The van der Waals surface area contributed by atoms with Gasteiger partial charge in [-0.2, -0.15) is 0 Å². The molecule has 37 heavy (non-hydrogen) atoms. The van der Waals surface area contributed by atoms with E-state index < -0.39 is 0 Å². The van der Waals surface area contributed by atoms with E-state index in [2.05, 4.69) is 9.80 Å². The Labute approximate surface area is 216 Å². The lowest BCUT2D eigenvalue weighted by molar-refractivity contribution is -0.136. The van der Waals surface area contributed by atoms with E-state index >= 15 is 0 Å². The van der Waals surface area contributed by atoms with Gasteiger partial charge in [-0.25, -0.2) is 4.39 Å². The smallest absolute Gasteiger partial charge is 0.263 e. The second kappa shape index (κ2) is 10.9. The number of carbonyl (C=O) groups is 3. The van der Waals surface area contributed by atoms with Crippen molar-refractivity contribution in [2.75, 3.05) is 69.3 Å². The van der Waals surface area contributed by atoms with Crippen molar-refractivity contribution >= 4 is 29.1 Å². The predicted molar refractivity (Wildman–Crippen MR) is 138 cm³/mol. The standard InChI is InChI=1S/C28H33FN4O4/c1-37-18-4-13-33-27(35)23-6-2-7-24(25(23)28(33)36)32-12-3-5-20(19-32)26(34)31-16-14-30(15-17-31)22-10-8-21(29)9-11-22/h2,6-11,20H,3-5,12-19H2,1H3/t20-/m0/s1. The van der Waals surface area contributed by atoms with Crippen molar-refractivity contribution in [3.63, 3.8) is 0 Å². The van der Waals surface area contributed by atoms with Crippen LogP contribution in [0, 0.1) is 11.7 Å². The summed E-state index contributed by atoms with van der Waals surface area (Å²) < 4.78 is 18.3. The zero-order chi connectivity index (χ0) is 25.9. The monoisotopic (exact) mass is 508 g/mol. The van der Waals surface area contributed by atoms with E-state index in [-0.39, 0.29) is 29.5 Å². The lowest BCUT2D eigenvalue weighted by atomic mass is 9.94. The molecule has 0 saturated carbocycles. The van der Waals surface area contributed by atoms with Crippen molar-refractivity contribution in [3.8, 4) is 0 Å². The van der Waals surface area contributed by atoms with Crippen LogP contribution >= 0.6 is 0 Å².